The molecule has 10 heteroatoms. The molecule has 0 fully saturated rings. The maximum absolute atomic E-state index is 13.6. The fourth-order valence-corrected chi connectivity index (χ4v) is 5.45. The van der Waals surface area contributed by atoms with Gasteiger partial charge < -0.3 is 14.7 Å². The monoisotopic (exact) mass is 524 g/mol. The smallest absolute Gasteiger partial charge is 0.259 e. The van der Waals surface area contributed by atoms with Crippen LogP contribution in [0.15, 0.2) is 66.0 Å². The molecule has 0 spiro atoms. The molecule has 3 heterocycles. The summed E-state index contributed by atoms with van der Waals surface area (Å²) < 4.78 is 34.0. The van der Waals surface area contributed by atoms with E-state index >= 15 is 0 Å². The minimum Gasteiger partial charge on any atom is -0.472 e. The molecule has 2 aromatic heterocycles. The summed E-state index contributed by atoms with van der Waals surface area (Å²) in [6, 6.07) is 11.6. The maximum Gasteiger partial charge on any atom is 0.259 e. The highest BCUT2D eigenvalue weighted by Crippen LogP contribution is 2.30. The Labute approximate surface area is 217 Å². The number of aliphatic hydroxyl groups excluding tert-OH is 1. The normalized spacial score (nSPS) is 19.1. The number of ether oxygens (including phenoxy) is 1. The summed E-state index contributed by atoms with van der Waals surface area (Å²) in [7, 11) is -2.24. The average molecular weight is 525 g/mol. The molecule has 0 saturated carbocycles. The third-order valence-corrected chi connectivity index (χ3v) is 8.54. The molecule has 196 valence electrons. The van der Waals surface area contributed by atoms with Crippen molar-refractivity contribution in [3.63, 3.8) is 0 Å². The zero-order valence-electron chi connectivity index (χ0n) is 21.4. The van der Waals surface area contributed by atoms with E-state index in [0.717, 1.165) is 16.7 Å². The zero-order chi connectivity index (χ0) is 26.7. The number of hydrogen-bond acceptors (Lipinski definition) is 7. The van der Waals surface area contributed by atoms with Crippen molar-refractivity contribution in [3.05, 3.63) is 72.2 Å². The SMILES string of the molecule is Cc1ccc(S(=O)(=O)N(C)C[C@@H]2Oc3ncc(-c4ccncc4)cc3C(=O)N([C@@H](C)CO)C[C@H]2C)cc1. The van der Waals surface area contributed by atoms with Gasteiger partial charge in [-0.1, -0.05) is 24.6 Å². The summed E-state index contributed by atoms with van der Waals surface area (Å²) in [5, 5.41) is 9.86. The van der Waals surface area contributed by atoms with Crippen molar-refractivity contribution in [1.82, 2.24) is 19.2 Å². The van der Waals surface area contributed by atoms with Crippen LogP contribution in [0.5, 0.6) is 5.88 Å². The first-order valence-electron chi connectivity index (χ1n) is 12.1. The first-order valence-corrected chi connectivity index (χ1v) is 13.6. The van der Waals surface area contributed by atoms with Gasteiger partial charge in [0.1, 0.15) is 11.7 Å². The Hall–Kier alpha value is -3.34. The molecule has 3 aromatic rings. The highest BCUT2D eigenvalue weighted by Gasteiger charge is 2.36. The van der Waals surface area contributed by atoms with Gasteiger partial charge in [0.2, 0.25) is 15.9 Å². The van der Waals surface area contributed by atoms with E-state index in [0.29, 0.717) is 0 Å². The van der Waals surface area contributed by atoms with Gasteiger partial charge in [0, 0.05) is 43.7 Å². The van der Waals surface area contributed by atoms with Crippen LogP contribution in [0.25, 0.3) is 11.1 Å². The molecule has 0 aliphatic carbocycles. The first-order chi connectivity index (χ1) is 17.6. The summed E-state index contributed by atoms with van der Waals surface area (Å²) in [5.74, 6) is -0.412. The van der Waals surface area contributed by atoms with E-state index in [-0.39, 0.29) is 47.9 Å². The Balaban J connectivity index is 1.70. The molecule has 1 aromatic carbocycles. The van der Waals surface area contributed by atoms with Gasteiger partial charge >= 0.3 is 0 Å². The van der Waals surface area contributed by atoms with Crippen LogP contribution >= 0.6 is 0 Å². The van der Waals surface area contributed by atoms with Crippen LogP contribution in [-0.2, 0) is 10.0 Å². The van der Waals surface area contributed by atoms with Crippen molar-refractivity contribution in [3.8, 4) is 17.0 Å². The lowest BCUT2D eigenvalue weighted by atomic mass is 9.99. The Morgan fingerprint density at radius 3 is 2.49 bits per heavy atom. The van der Waals surface area contributed by atoms with Crippen molar-refractivity contribution >= 4 is 15.9 Å². The van der Waals surface area contributed by atoms with E-state index in [1.807, 2.05) is 26.0 Å². The topological polar surface area (TPSA) is 113 Å². The Morgan fingerprint density at radius 1 is 1.16 bits per heavy atom. The van der Waals surface area contributed by atoms with Gasteiger partial charge in [0.15, 0.2) is 0 Å². The number of amides is 1. The van der Waals surface area contributed by atoms with Gasteiger partial charge in [-0.25, -0.2) is 13.4 Å². The molecule has 0 saturated heterocycles. The third-order valence-electron chi connectivity index (χ3n) is 6.70. The van der Waals surface area contributed by atoms with Gasteiger partial charge in [-0.2, -0.15) is 4.31 Å². The number of aliphatic hydroxyl groups is 1. The molecule has 4 rings (SSSR count). The number of fused-ring (bicyclic) bond motifs is 1. The quantitative estimate of drug-likeness (QED) is 0.506. The summed E-state index contributed by atoms with van der Waals surface area (Å²) in [6.07, 6.45) is 4.35. The van der Waals surface area contributed by atoms with Crippen molar-refractivity contribution in [2.45, 2.75) is 37.8 Å². The van der Waals surface area contributed by atoms with Crippen molar-refractivity contribution in [1.29, 1.82) is 0 Å². The fourth-order valence-electron chi connectivity index (χ4n) is 4.26. The fraction of sp³-hybridized carbons (Fsp3) is 0.370. The number of aromatic nitrogens is 2. The lowest BCUT2D eigenvalue weighted by Crippen LogP contribution is -2.50. The number of rotatable bonds is 7. The molecule has 0 unspecified atom stereocenters. The van der Waals surface area contributed by atoms with Crippen LogP contribution in [0, 0.1) is 12.8 Å². The molecular weight excluding hydrogens is 492 g/mol. The first kappa shape index (κ1) is 26.7. The predicted molar refractivity (Wildman–Crippen MR) is 140 cm³/mol. The van der Waals surface area contributed by atoms with Crippen LogP contribution in [0.2, 0.25) is 0 Å². The van der Waals surface area contributed by atoms with Crippen LogP contribution in [0.4, 0.5) is 0 Å². The summed E-state index contributed by atoms with van der Waals surface area (Å²) in [6.45, 7) is 5.70. The van der Waals surface area contributed by atoms with Crippen molar-refractivity contribution in [2.24, 2.45) is 5.92 Å². The molecule has 0 radical (unpaired) electrons. The molecule has 9 nitrogen and oxygen atoms in total. The molecule has 1 aliphatic heterocycles. The molecule has 1 N–H and O–H groups in total. The molecule has 1 aliphatic rings. The minimum atomic E-state index is -3.76. The van der Waals surface area contributed by atoms with Crippen LogP contribution in [-0.4, -0.2) is 77.5 Å². The van der Waals surface area contributed by atoms with E-state index in [1.165, 1.54) is 11.4 Å². The Kier molecular flexibility index (Phi) is 7.91. The molecule has 3 atom stereocenters. The van der Waals surface area contributed by atoms with E-state index in [4.69, 9.17) is 4.74 Å². The minimum absolute atomic E-state index is 0.0557. The average Bonchev–Trinajstić information content (AvgIpc) is 2.90. The van der Waals surface area contributed by atoms with E-state index in [2.05, 4.69) is 9.97 Å². The lowest BCUT2D eigenvalue weighted by Gasteiger charge is -2.37. The van der Waals surface area contributed by atoms with Gasteiger partial charge in [0.25, 0.3) is 5.91 Å². The number of nitrogens with zero attached hydrogens (tertiary/aromatic N) is 4. The van der Waals surface area contributed by atoms with Gasteiger partial charge in [-0.3, -0.25) is 9.78 Å². The summed E-state index contributed by atoms with van der Waals surface area (Å²) >= 11 is 0. The van der Waals surface area contributed by atoms with Crippen molar-refractivity contribution < 1.29 is 23.1 Å². The highest BCUT2D eigenvalue weighted by molar-refractivity contribution is 7.89. The lowest BCUT2D eigenvalue weighted by molar-refractivity contribution is 0.0373. The molecular formula is C27H32N4O5S. The van der Waals surface area contributed by atoms with Crippen molar-refractivity contribution in [2.75, 3.05) is 26.7 Å². The van der Waals surface area contributed by atoms with Crippen LogP contribution in [0.1, 0.15) is 29.8 Å². The van der Waals surface area contributed by atoms with Crippen LogP contribution in [0.3, 0.4) is 0 Å². The van der Waals surface area contributed by atoms with Crippen LogP contribution < -0.4 is 4.74 Å². The Morgan fingerprint density at radius 2 is 1.84 bits per heavy atom. The summed E-state index contributed by atoms with van der Waals surface area (Å²) in [4.78, 5) is 23.9. The van der Waals surface area contributed by atoms with Gasteiger partial charge in [-0.05, 0) is 49.7 Å². The number of likely N-dealkylation sites (N-methyl/N-ethyl adjacent to an activating group) is 1. The number of hydrogen-bond donors (Lipinski definition) is 1. The number of carbonyl (C=O) groups excluding carboxylic acids is 1. The van der Waals surface area contributed by atoms with Gasteiger partial charge in [0.05, 0.1) is 24.1 Å². The number of carbonyl (C=O) groups is 1. The molecule has 1 amide bonds. The second kappa shape index (κ2) is 11.0. The number of aryl methyl sites for hydroxylation is 1. The zero-order valence-corrected chi connectivity index (χ0v) is 22.2. The summed E-state index contributed by atoms with van der Waals surface area (Å²) in [5.41, 5.74) is 2.79. The predicted octanol–water partition coefficient (Wildman–Crippen LogP) is 2.99. The third kappa shape index (κ3) is 5.66. The second-order valence-electron chi connectivity index (χ2n) is 9.53. The number of pyridine rings is 2. The standard InChI is InChI=1S/C27H32N4O5S/c1-18-5-7-23(8-6-18)37(34,35)30(4)16-25-19(2)15-31(20(3)17-32)27(33)24-13-22(14-29-26(24)36-25)21-9-11-28-12-10-21/h5-14,19-20,25,32H,15-17H2,1-4H3/t19-,20+,25+/m1/s1. The second-order valence-corrected chi connectivity index (χ2v) is 11.6. The highest BCUT2D eigenvalue weighted by atomic mass is 32.2. The Bertz CT molecular complexity index is 1350. The number of sulfonamides is 1. The number of benzene rings is 1. The van der Waals surface area contributed by atoms with Gasteiger partial charge in [-0.15, -0.1) is 0 Å². The van der Waals surface area contributed by atoms with E-state index in [9.17, 15) is 18.3 Å². The molecule has 0 bridgehead atoms. The molecule has 37 heavy (non-hydrogen) atoms. The van der Waals surface area contributed by atoms with E-state index < -0.39 is 22.2 Å². The maximum atomic E-state index is 13.6. The largest absolute Gasteiger partial charge is 0.472 e. The van der Waals surface area contributed by atoms with E-state index in [1.54, 1.807) is 60.7 Å².